The van der Waals surface area contributed by atoms with Gasteiger partial charge in [-0.15, -0.1) is 0 Å². The maximum Gasteiger partial charge on any atom is 0.352 e. The molecule has 0 bridgehead atoms. The van der Waals surface area contributed by atoms with Crippen LogP contribution in [0.15, 0.2) is 42.6 Å². The third-order valence-electron chi connectivity index (χ3n) is 2.69. The van der Waals surface area contributed by atoms with Crippen LogP contribution in [0.25, 0.3) is 0 Å². The van der Waals surface area contributed by atoms with Crippen LogP contribution in [0, 0.1) is 0 Å². The van der Waals surface area contributed by atoms with Crippen LogP contribution in [0.5, 0.6) is 0 Å². The number of nitrogens with zero attached hydrogens (tertiary/aromatic N) is 4. The summed E-state index contributed by atoms with van der Waals surface area (Å²) in [6.45, 7) is 0. The van der Waals surface area contributed by atoms with Crippen LogP contribution < -0.4 is 5.32 Å². The van der Waals surface area contributed by atoms with Crippen LogP contribution in [-0.4, -0.2) is 30.8 Å². The van der Waals surface area contributed by atoms with Gasteiger partial charge in [0.15, 0.2) is 0 Å². The zero-order valence-corrected chi connectivity index (χ0v) is 9.19. The zero-order valence-electron chi connectivity index (χ0n) is 9.19. The molecule has 18 heavy (non-hydrogen) atoms. The Bertz CT molecular complexity index is 619. The van der Waals surface area contributed by atoms with Crippen LogP contribution in [0.3, 0.4) is 0 Å². The maximum absolute atomic E-state index is 11.1. The van der Waals surface area contributed by atoms with Crippen molar-refractivity contribution in [3.8, 4) is 0 Å². The van der Waals surface area contributed by atoms with Crippen molar-refractivity contribution in [2.45, 2.75) is 6.04 Å². The van der Waals surface area contributed by atoms with Gasteiger partial charge in [0.1, 0.15) is 18.1 Å². The normalized spacial score (nSPS) is 17.6. The Hall–Kier alpha value is -2.70. The fourth-order valence-electron chi connectivity index (χ4n) is 1.86. The van der Waals surface area contributed by atoms with Crippen LogP contribution in [0.2, 0.25) is 0 Å². The van der Waals surface area contributed by atoms with E-state index in [0.29, 0.717) is 5.95 Å². The number of hydrogen-bond donors (Lipinski definition) is 2. The number of aromatic nitrogens is 4. The van der Waals surface area contributed by atoms with Crippen LogP contribution in [0.1, 0.15) is 11.6 Å². The minimum absolute atomic E-state index is 0.0947. The van der Waals surface area contributed by atoms with E-state index in [-0.39, 0.29) is 11.7 Å². The number of pyridine rings is 1. The van der Waals surface area contributed by atoms with E-state index in [0.717, 1.165) is 5.56 Å². The molecule has 2 N–H and O–H groups in total. The van der Waals surface area contributed by atoms with Crippen molar-refractivity contribution in [2.24, 2.45) is 0 Å². The molecule has 0 saturated heterocycles. The quantitative estimate of drug-likeness (QED) is 0.804. The second kappa shape index (κ2) is 3.95. The first-order valence-corrected chi connectivity index (χ1v) is 5.27. The number of fused-ring (bicyclic) bond motifs is 1. The highest BCUT2D eigenvalue weighted by molar-refractivity contribution is 5.90. The number of allylic oxidation sites excluding steroid dienone is 1. The average molecular weight is 243 g/mol. The molecular formula is C11H9N5O2. The summed E-state index contributed by atoms with van der Waals surface area (Å²) in [7, 11) is 0. The van der Waals surface area contributed by atoms with Crippen molar-refractivity contribution < 1.29 is 9.90 Å². The first-order valence-electron chi connectivity index (χ1n) is 5.27. The highest BCUT2D eigenvalue weighted by Gasteiger charge is 2.25. The standard InChI is InChI=1S/C11H9N5O2/c17-10(18)8-5-9(7-1-3-12-4-2-7)16-11(15-8)13-6-14-16/h1-6,9H,(H,17,18)(H,13,14,15)/t9-/m1/s1. The SMILES string of the molecule is O=C(O)C1=C[C@H](c2ccncc2)n2ncnc2N1. The average Bonchev–Trinajstić information content (AvgIpc) is 2.86. The van der Waals surface area contributed by atoms with Crippen molar-refractivity contribution in [1.29, 1.82) is 0 Å². The van der Waals surface area contributed by atoms with Gasteiger partial charge in [-0.1, -0.05) is 0 Å². The van der Waals surface area contributed by atoms with E-state index in [1.54, 1.807) is 23.2 Å². The van der Waals surface area contributed by atoms with Crippen molar-refractivity contribution >= 4 is 11.9 Å². The van der Waals surface area contributed by atoms with Crippen LogP contribution >= 0.6 is 0 Å². The van der Waals surface area contributed by atoms with E-state index in [9.17, 15) is 4.79 Å². The number of nitrogens with one attached hydrogen (secondary N) is 1. The molecule has 0 radical (unpaired) electrons. The summed E-state index contributed by atoms with van der Waals surface area (Å²) in [5.74, 6) is -0.611. The molecule has 1 aliphatic heterocycles. The number of carbonyl (C=O) groups is 1. The molecule has 0 aliphatic carbocycles. The Morgan fingerprint density at radius 2 is 2.17 bits per heavy atom. The molecule has 0 amide bonds. The van der Waals surface area contributed by atoms with Crippen LogP contribution in [0.4, 0.5) is 5.95 Å². The lowest BCUT2D eigenvalue weighted by Crippen LogP contribution is -2.24. The minimum Gasteiger partial charge on any atom is -0.477 e. The monoisotopic (exact) mass is 243 g/mol. The molecule has 0 aromatic carbocycles. The topological polar surface area (TPSA) is 92.9 Å². The highest BCUT2D eigenvalue weighted by atomic mass is 16.4. The molecule has 7 heteroatoms. The maximum atomic E-state index is 11.1. The van der Waals surface area contributed by atoms with Crippen LogP contribution in [-0.2, 0) is 4.79 Å². The summed E-state index contributed by atoms with van der Waals surface area (Å²) in [5.41, 5.74) is 0.995. The van der Waals surface area contributed by atoms with Gasteiger partial charge in [0, 0.05) is 12.4 Å². The lowest BCUT2D eigenvalue weighted by molar-refractivity contribution is -0.132. The fraction of sp³-hybridized carbons (Fsp3) is 0.0909. The van der Waals surface area contributed by atoms with E-state index in [1.165, 1.54) is 6.33 Å². The summed E-state index contributed by atoms with van der Waals surface area (Å²) < 4.78 is 1.63. The molecule has 90 valence electrons. The van der Waals surface area contributed by atoms with Crippen molar-refractivity contribution in [3.63, 3.8) is 0 Å². The molecule has 0 saturated carbocycles. The van der Waals surface area contributed by atoms with Gasteiger partial charge >= 0.3 is 5.97 Å². The second-order valence-corrected chi connectivity index (χ2v) is 3.76. The predicted octanol–water partition coefficient (Wildman–Crippen LogP) is 0.656. The van der Waals surface area contributed by atoms with E-state index in [2.05, 4.69) is 20.4 Å². The molecule has 1 aliphatic rings. The molecule has 1 atom stereocenters. The third-order valence-corrected chi connectivity index (χ3v) is 2.69. The Labute approximate surface area is 102 Å². The number of aliphatic carboxylic acids is 1. The lowest BCUT2D eigenvalue weighted by Gasteiger charge is -2.22. The Kier molecular flexibility index (Phi) is 2.30. The number of carboxylic acid groups (broad SMARTS) is 1. The zero-order chi connectivity index (χ0) is 12.5. The molecule has 0 spiro atoms. The summed E-state index contributed by atoms with van der Waals surface area (Å²) in [5, 5.41) is 15.9. The fourth-order valence-corrected chi connectivity index (χ4v) is 1.86. The van der Waals surface area contributed by atoms with E-state index >= 15 is 0 Å². The molecule has 7 nitrogen and oxygen atoms in total. The summed E-state index contributed by atoms with van der Waals surface area (Å²) in [4.78, 5) is 19.0. The smallest absolute Gasteiger partial charge is 0.352 e. The van der Waals surface area contributed by atoms with Crippen molar-refractivity contribution in [3.05, 3.63) is 48.2 Å². The number of anilines is 1. The third kappa shape index (κ3) is 1.61. The molecule has 3 heterocycles. The Balaban J connectivity index is 2.10. The summed E-state index contributed by atoms with van der Waals surface area (Å²) in [6.07, 6.45) is 6.29. The van der Waals surface area contributed by atoms with Gasteiger partial charge in [-0.3, -0.25) is 4.98 Å². The summed E-state index contributed by atoms with van der Waals surface area (Å²) >= 11 is 0. The Morgan fingerprint density at radius 1 is 1.39 bits per heavy atom. The molecule has 0 fully saturated rings. The van der Waals surface area contributed by atoms with Crippen molar-refractivity contribution in [2.75, 3.05) is 5.32 Å². The van der Waals surface area contributed by atoms with Gasteiger partial charge in [0.25, 0.3) is 0 Å². The first kappa shape index (κ1) is 10.5. The van der Waals surface area contributed by atoms with Gasteiger partial charge in [-0.25, -0.2) is 9.48 Å². The molecule has 3 rings (SSSR count). The van der Waals surface area contributed by atoms with Gasteiger partial charge < -0.3 is 10.4 Å². The first-order chi connectivity index (χ1) is 8.75. The molecule has 0 unspecified atom stereocenters. The van der Waals surface area contributed by atoms with Gasteiger partial charge in [0.2, 0.25) is 5.95 Å². The molecule has 2 aromatic heterocycles. The van der Waals surface area contributed by atoms with Gasteiger partial charge in [-0.2, -0.15) is 10.1 Å². The van der Waals surface area contributed by atoms with Crippen molar-refractivity contribution in [1.82, 2.24) is 19.7 Å². The number of rotatable bonds is 2. The number of hydrogen-bond acceptors (Lipinski definition) is 5. The van der Waals surface area contributed by atoms with E-state index in [4.69, 9.17) is 5.11 Å². The Morgan fingerprint density at radius 3 is 2.89 bits per heavy atom. The van der Waals surface area contributed by atoms with E-state index in [1.807, 2.05) is 12.1 Å². The predicted molar refractivity (Wildman–Crippen MR) is 61.7 cm³/mol. The molecule has 2 aromatic rings. The van der Waals surface area contributed by atoms with Gasteiger partial charge in [0.05, 0.1) is 0 Å². The highest BCUT2D eigenvalue weighted by Crippen LogP contribution is 2.27. The van der Waals surface area contributed by atoms with Gasteiger partial charge in [-0.05, 0) is 23.8 Å². The second-order valence-electron chi connectivity index (χ2n) is 3.76. The summed E-state index contributed by atoms with van der Waals surface area (Å²) in [6, 6.07) is 3.34. The number of carboxylic acids is 1. The lowest BCUT2D eigenvalue weighted by atomic mass is 10.1. The minimum atomic E-state index is -1.02. The van der Waals surface area contributed by atoms with E-state index < -0.39 is 5.97 Å². The largest absolute Gasteiger partial charge is 0.477 e. The molecular weight excluding hydrogens is 234 g/mol.